The lowest BCUT2D eigenvalue weighted by Gasteiger charge is -2.20. The van der Waals surface area contributed by atoms with Crippen molar-refractivity contribution < 1.29 is 24.5 Å². The van der Waals surface area contributed by atoms with E-state index in [0.29, 0.717) is 19.4 Å². The number of aliphatic hydroxyl groups is 2. The molecule has 456 valence electrons. The Labute approximate surface area is 486 Å². The Morgan fingerprint density at radius 3 is 1.00 bits per heavy atom. The van der Waals surface area contributed by atoms with E-state index in [4.69, 9.17) is 4.74 Å². The van der Waals surface area contributed by atoms with E-state index in [-0.39, 0.29) is 18.5 Å². The summed E-state index contributed by atoms with van der Waals surface area (Å²) in [5.41, 5.74) is 0. The van der Waals surface area contributed by atoms with Gasteiger partial charge in [-0.2, -0.15) is 0 Å². The van der Waals surface area contributed by atoms with Crippen molar-refractivity contribution in [2.75, 3.05) is 13.2 Å². The Morgan fingerprint density at radius 2 is 0.641 bits per heavy atom. The predicted molar refractivity (Wildman–Crippen MR) is 342 cm³/mol. The first-order valence-corrected chi connectivity index (χ1v) is 34.6. The monoisotopic (exact) mass is 1090 g/mol. The van der Waals surface area contributed by atoms with Crippen LogP contribution in [0.15, 0.2) is 60.8 Å². The summed E-state index contributed by atoms with van der Waals surface area (Å²) in [6, 6.07) is -0.627. The molecular weight excluding hydrogens is 959 g/mol. The van der Waals surface area contributed by atoms with Crippen molar-refractivity contribution >= 4 is 11.9 Å². The molecule has 0 aliphatic rings. The Hall–Kier alpha value is -2.44. The summed E-state index contributed by atoms with van der Waals surface area (Å²) < 4.78 is 5.50. The molecular formula is C72H133NO5. The largest absolute Gasteiger partial charge is 0.466 e. The van der Waals surface area contributed by atoms with Gasteiger partial charge in [0.15, 0.2) is 0 Å². The third-order valence-corrected chi connectivity index (χ3v) is 15.8. The highest BCUT2D eigenvalue weighted by Gasteiger charge is 2.18. The highest BCUT2D eigenvalue weighted by Crippen LogP contribution is 2.17. The number of allylic oxidation sites excluding steroid dienone is 9. The second-order valence-electron chi connectivity index (χ2n) is 23.5. The zero-order chi connectivity index (χ0) is 56.4. The molecule has 0 aromatic carbocycles. The fourth-order valence-corrected chi connectivity index (χ4v) is 10.5. The second-order valence-corrected chi connectivity index (χ2v) is 23.5. The molecule has 2 unspecified atom stereocenters. The van der Waals surface area contributed by atoms with Crippen LogP contribution in [0.4, 0.5) is 0 Å². The summed E-state index contributed by atoms with van der Waals surface area (Å²) in [6.45, 7) is 4.87. The molecule has 6 heteroatoms. The summed E-state index contributed by atoms with van der Waals surface area (Å²) >= 11 is 0. The average Bonchev–Trinajstić information content (AvgIpc) is 3.44. The van der Waals surface area contributed by atoms with E-state index in [9.17, 15) is 19.8 Å². The van der Waals surface area contributed by atoms with Crippen molar-refractivity contribution in [3.63, 3.8) is 0 Å². The maximum atomic E-state index is 12.4. The van der Waals surface area contributed by atoms with Crippen LogP contribution in [0.5, 0.6) is 0 Å². The van der Waals surface area contributed by atoms with Gasteiger partial charge in [0.2, 0.25) is 5.91 Å². The van der Waals surface area contributed by atoms with E-state index < -0.39 is 12.1 Å². The van der Waals surface area contributed by atoms with Crippen molar-refractivity contribution in [3.8, 4) is 0 Å². The lowest BCUT2D eigenvalue weighted by molar-refractivity contribution is -0.143. The van der Waals surface area contributed by atoms with Gasteiger partial charge in [-0.1, -0.05) is 312 Å². The van der Waals surface area contributed by atoms with E-state index in [1.165, 1.54) is 276 Å². The summed E-state index contributed by atoms with van der Waals surface area (Å²) in [5, 5.41) is 23.0. The van der Waals surface area contributed by atoms with E-state index in [1.807, 2.05) is 6.08 Å². The van der Waals surface area contributed by atoms with Crippen molar-refractivity contribution in [2.45, 2.75) is 373 Å². The fraction of sp³-hybridized carbons (Fsp3) is 0.833. The molecule has 6 nitrogen and oxygen atoms in total. The van der Waals surface area contributed by atoms with E-state index >= 15 is 0 Å². The quantitative estimate of drug-likeness (QED) is 0.0320. The third-order valence-electron chi connectivity index (χ3n) is 15.8. The molecule has 0 fully saturated rings. The van der Waals surface area contributed by atoms with Crippen molar-refractivity contribution in [3.05, 3.63) is 60.8 Å². The topological polar surface area (TPSA) is 95.9 Å². The number of rotatable bonds is 64. The molecule has 1 amide bonds. The van der Waals surface area contributed by atoms with Gasteiger partial charge in [-0.15, -0.1) is 0 Å². The molecule has 78 heavy (non-hydrogen) atoms. The summed E-state index contributed by atoms with van der Waals surface area (Å²) in [6.07, 6.45) is 88.7. The molecule has 0 aromatic rings. The molecule has 0 saturated carbocycles. The van der Waals surface area contributed by atoms with Gasteiger partial charge < -0.3 is 20.3 Å². The Bertz CT molecular complexity index is 1350. The zero-order valence-corrected chi connectivity index (χ0v) is 52.1. The molecule has 0 saturated heterocycles. The number of hydrogen-bond acceptors (Lipinski definition) is 5. The predicted octanol–water partition coefficient (Wildman–Crippen LogP) is 22.3. The molecule has 0 heterocycles. The first kappa shape index (κ1) is 75.6. The van der Waals surface area contributed by atoms with Gasteiger partial charge in [0, 0.05) is 12.8 Å². The highest BCUT2D eigenvalue weighted by molar-refractivity contribution is 5.76. The maximum Gasteiger partial charge on any atom is 0.305 e. The van der Waals surface area contributed by atoms with Gasteiger partial charge >= 0.3 is 5.97 Å². The molecule has 3 N–H and O–H groups in total. The molecule has 0 aliphatic heterocycles. The molecule has 0 rings (SSSR count). The van der Waals surface area contributed by atoms with Crippen molar-refractivity contribution in [1.29, 1.82) is 0 Å². The molecule has 0 aromatic heterocycles. The first-order valence-electron chi connectivity index (χ1n) is 34.6. The van der Waals surface area contributed by atoms with Crippen LogP contribution in [-0.4, -0.2) is 47.4 Å². The minimum Gasteiger partial charge on any atom is -0.466 e. The molecule has 0 spiro atoms. The number of nitrogens with one attached hydrogen (secondary N) is 1. The number of unbranched alkanes of at least 4 members (excludes halogenated alkanes) is 45. The second kappa shape index (κ2) is 67.1. The van der Waals surface area contributed by atoms with Crippen molar-refractivity contribution in [1.82, 2.24) is 5.32 Å². The van der Waals surface area contributed by atoms with Crippen LogP contribution in [-0.2, 0) is 14.3 Å². The highest BCUT2D eigenvalue weighted by atomic mass is 16.5. The number of ether oxygens (including phenoxy) is 1. The van der Waals surface area contributed by atoms with Gasteiger partial charge in [-0.05, 0) is 96.3 Å². The minimum atomic E-state index is -0.843. The standard InChI is InChI=1S/C72H133NO5/c1-3-5-7-9-11-13-15-16-17-18-32-36-39-42-46-50-54-58-62-66-72(77)78-67-63-59-55-51-47-43-40-37-34-31-29-27-25-23-21-19-20-22-24-26-28-30-33-35-38-41-45-49-53-57-61-65-71(76)73-69(68-74)70(75)64-60-56-52-48-44-14-12-10-8-6-4-2/h11,13,16-17,21,23,27,29,60,64,69-70,74-75H,3-10,12,14-15,18-20,22,24-26,28,30-59,61-63,65-68H2,1-2H3,(H,73,76)/b13-11-,17-16-,23-21-,29-27-,64-60+. The van der Waals surface area contributed by atoms with Crippen LogP contribution in [0.1, 0.15) is 361 Å². The normalized spacial score (nSPS) is 12.9. The molecule has 0 aliphatic carbocycles. The van der Waals surface area contributed by atoms with Crippen LogP contribution in [0.3, 0.4) is 0 Å². The van der Waals surface area contributed by atoms with E-state index in [1.54, 1.807) is 6.08 Å². The Balaban J connectivity index is 3.38. The maximum absolute atomic E-state index is 12.4. The minimum absolute atomic E-state index is 0.00883. The van der Waals surface area contributed by atoms with Gasteiger partial charge in [0.25, 0.3) is 0 Å². The summed E-state index contributed by atoms with van der Waals surface area (Å²) in [5.74, 6) is -0.0594. The number of hydrogen-bond donors (Lipinski definition) is 3. The molecule has 0 radical (unpaired) electrons. The summed E-state index contributed by atoms with van der Waals surface area (Å²) in [7, 11) is 0. The van der Waals surface area contributed by atoms with Gasteiger partial charge in [-0.25, -0.2) is 0 Å². The van der Waals surface area contributed by atoms with Crippen molar-refractivity contribution in [2.24, 2.45) is 0 Å². The average molecular weight is 1090 g/mol. The van der Waals surface area contributed by atoms with Crippen LogP contribution >= 0.6 is 0 Å². The fourth-order valence-electron chi connectivity index (χ4n) is 10.5. The number of amides is 1. The number of carbonyl (C=O) groups is 2. The SMILES string of the molecule is CCCCC/C=C\C/C=C\CCCCCCCCCCCC(=O)OCCCCCCCCCCC/C=C\C/C=C\CCCCCCCCCCCCCCCCCC(=O)NC(CO)C(O)/C=C/CCCCCCCCCCC. The first-order chi connectivity index (χ1) is 38.5. The smallest absolute Gasteiger partial charge is 0.305 e. The number of esters is 1. The molecule has 0 bridgehead atoms. The van der Waals surface area contributed by atoms with Crippen LogP contribution in [0, 0.1) is 0 Å². The Morgan fingerprint density at radius 1 is 0.359 bits per heavy atom. The van der Waals surface area contributed by atoms with Gasteiger partial charge in [-0.3, -0.25) is 9.59 Å². The van der Waals surface area contributed by atoms with E-state index in [0.717, 1.165) is 57.8 Å². The van der Waals surface area contributed by atoms with Crippen LogP contribution in [0.2, 0.25) is 0 Å². The third kappa shape index (κ3) is 62.8. The lowest BCUT2D eigenvalue weighted by Crippen LogP contribution is -2.45. The van der Waals surface area contributed by atoms with E-state index in [2.05, 4.69) is 67.8 Å². The zero-order valence-electron chi connectivity index (χ0n) is 52.1. The van der Waals surface area contributed by atoms with Gasteiger partial charge in [0.1, 0.15) is 0 Å². The number of carbonyl (C=O) groups excluding carboxylic acids is 2. The van der Waals surface area contributed by atoms with Crippen LogP contribution < -0.4 is 5.32 Å². The molecule has 2 atom stereocenters. The lowest BCUT2D eigenvalue weighted by atomic mass is 10.0. The van der Waals surface area contributed by atoms with Crippen LogP contribution in [0.25, 0.3) is 0 Å². The van der Waals surface area contributed by atoms with Gasteiger partial charge in [0.05, 0.1) is 25.4 Å². The Kier molecular flexibility index (Phi) is 65.0. The number of aliphatic hydroxyl groups excluding tert-OH is 2. The summed E-state index contributed by atoms with van der Waals surface area (Å²) in [4.78, 5) is 24.5.